The Morgan fingerprint density at radius 1 is 1.10 bits per heavy atom. The third-order valence-electron chi connectivity index (χ3n) is 10.0. The molecule has 4 aromatic rings. The van der Waals surface area contributed by atoms with E-state index in [4.69, 9.17) is 19.2 Å². The van der Waals surface area contributed by atoms with Gasteiger partial charge >= 0.3 is 5.97 Å². The molecule has 3 atom stereocenters. The van der Waals surface area contributed by atoms with Crippen LogP contribution in [0.2, 0.25) is 0 Å². The number of hydrogen-bond donors (Lipinski definition) is 2. The molecule has 9 nitrogen and oxygen atoms in total. The van der Waals surface area contributed by atoms with Crippen molar-refractivity contribution in [3.63, 3.8) is 0 Å². The summed E-state index contributed by atoms with van der Waals surface area (Å²) in [5.41, 5.74) is 2.37. The number of rotatable bonds is 4. The van der Waals surface area contributed by atoms with Crippen molar-refractivity contribution in [2.45, 2.75) is 110 Å². The Hall–Kier alpha value is -4.06. The topological polar surface area (TPSA) is 106 Å². The Balaban J connectivity index is 1.62. The van der Waals surface area contributed by atoms with Crippen LogP contribution in [0.5, 0.6) is 5.75 Å². The number of aliphatic carboxylic acids is 1. The molecule has 0 radical (unpaired) electrons. The van der Waals surface area contributed by atoms with Crippen LogP contribution in [-0.4, -0.2) is 62.6 Å². The van der Waals surface area contributed by atoms with Gasteiger partial charge in [0.15, 0.2) is 17.7 Å². The first kappa shape index (κ1) is 36.7. The molecule has 0 saturated carbocycles. The zero-order valence-corrected chi connectivity index (χ0v) is 30.6. The van der Waals surface area contributed by atoms with E-state index in [1.54, 1.807) is 25.1 Å². The zero-order chi connectivity index (χ0) is 36.8. The number of aromatic nitrogens is 2. The van der Waals surface area contributed by atoms with Gasteiger partial charge in [0.05, 0.1) is 34.7 Å². The van der Waals surface area contributed by atoms with Gasteiger partial charge in [-0.3, -0.25) is 4.40 Å². The van der Waals surface area contributed by atoms with Crippen molar-refractivity contribution in [2.75, 3.05) is 24.6 Å². The first-order valence-electron chi connectivity index (χ1n) is 17.9. The number of imidazole rings is 1. The van der Waals surface area contributed by atoms with Gasteiger partial charge in [0.25, 0.3) is 0 Å². The van der Waals surface area contributed by atoms with Crippen molar-refractivity contribution in [2.24, 2.45) is 0 Å². The smallest absolute Gasteiger partial charge is 0.337 e. The third kappa shape index (κ3) is 7.47. The van der Waals surface area contributed by atoms with Gasteiger partial charge in [0.2, 0.25) is 0 Å². The number of anilines is 1. The van der Waals surface area contributed by atoms with Crippen molar-refractivity contribution < 1.29 is 38.0 Å². The molecule has 11 heteroatoms. The van der Waals surface area contributed by atoms with E-state index in [1.807, 2.05) is 51.3 Å². The number of halogens is 2. The fourth-order valence-corrected chi connectivity index (χ4v) is 7.40. The lowest BCUT2D eigenvalue weighted by atomic mass is 9.91. The van der Waals surface area contributed by atoms with Crippen LogP contribution in [0.1, 0.15) is 103 Å². The molecule has 2 aromatic heterocycles. The molecule has 274 valence electrons. The Kier molecular flexibility index (Phi) is 10.2. The number of carboxylic acids is 1. The van der Waals surface area contributed by atoms with Gasteiger partial charge in [-0.2, -0.15) is 0 Å². The standard InChI is InChI=1S/C40H49F2N3O6/c1-23-11-8-9-20-49-40(7)16-18-44(19-17-40)37-32(35(38(47)48)51-39(4,5)6)24(2)31(25(3)46)36-43-29(22-45(36)37)26-12-10-13-27(21-26)33-30(50-23)15-14-28(41)34(33)42/h10,12-15,21-23,25,35,46H,8-9,11,16-20H2,1-7H3,(H,47,48)/t23-,25?,35+/m1/s1. The van der Waals surface area contributed by atoms with Crippen LogP contribution in [0.3, 0.4) is 0 Å². The first-order chi connectivity index (χ1) is 24.1. The van der Waals surface area contributed by atoms with Crippen LogP contribution in [0, 0.1) is 18.6 Å². The van der Waals surface area contributed by atoms with Crippen molar-refractivity contribution in [3.8, 4) is 28.1 Å². The average molecular weight is 706 g/mol. The highest BCUT2D eigenvalue weighted by molar-refractivity contribution is 5.82. The SMILES string of the molecule is Cc1c([C@H](OC(C)(C)C)C(=O)O)c2n3cc(nc3c1C(C)O)-c1cccc(c1)-c1c(ccc(F)c1F)O[C@H](C)CCCCOC1(C)CCN2CC1. The Bertz CT molecular complexity index is 1930. The van der Waals surface area contributed by atoms with Crippen molar-refractivity contribution in [1.29, 1.82) is 0 Å². The lowest BCUT2D eigenvalue weighted by Crippen LogP contribution is -2.45. The summed E-state index contributed by atoms with van der Waals surface area (Å²) in [6.45, 7) is 14.7. The minimum Gasteiger partial charge on any atom is -0.490 e. The van der Waals surface area contributed by atoms with E-state index in [0.29, 0.717) is 83.9 Å². The van der Waals surface area contributed by atoms with Crippen LogP contribution in [-0.2, 0) is 14.3 Å². The zero-order valence-electron chi connectivity index (χ0n) is 30.6. The molecule has 3 aliphatic rings. The summed E-state index contributed by atoms with van der Waals surface area (Å²) in [7, 11) is 0. The number of piperidine rings is 1. The largest absolute Gasteiger partial charge is 0.490 e. The second-order valence-electron chi connectivity index (χ2n) is 15.2. The fourth-order valence-electron chi connectivity index (χ4n) is 7.40. The van der Waals surface area contributed by atoms with Gasteiger partial charge in [-0.25, -0.2) is 18.6 Å². The highest BCUT2D eigenvalue weighted by Gasteiger charge is 2.38. The molecule has 0 spiro atoms. The van der Waals surface area contributed by atoms with E-state index in [0.717, 1.165) is 18.9 Å². The van der Waals surface area contributed by atoms with E-state index < -0.39 is 35.4 Å². The van der Waals surface area contributed by atoms with Crippen molar-refractivity contribution in [1.82, 2.24) is 9.38 Å². The highest BCUT2D eigenvalue weighted by Crippen LogP contribution is 2.43. The number of aliphatic hydroxyl groups is 1. The molecule has 5 heterocycles. The maximum atomic E-state index is 15.6. The molecular formula is C40H49F2N3O6. The van der Waals surface area contributed by atoms with Gasteiger partial charge < -0.3 is 29.3 Å². The lowest BCUT2D eigenvalue weighted by Gasteiger charge is -2.42. The van der Waals surface area contributed by atoms with E-state index in [1.165, 1.54) is 6.07 Å². The van der Waals surface area contributed by atoms with Gasteiger partial charge in [0.1, 0.15) is 17.2 Å². The predicted molar refractivity (Wildman–Crippen MR) is 192 cm³/mol. The van der Waals surface area contributed by atoms with Crippen molar-refractivity contribution in [3.05, 3.63) is 70.9 Å². The van der Waals surface area contributed by atoms with E-state index in [-0.39, 0.29) is 23.0 Å². The number of hydrogen-bond acceptors (Lipinski definition) is 7. The second-order valence-corrected chi connectivity index (χ2v) is 15.2. The molecule has 0 aliphatic carbocycles. The third-order valence-corrected chi connectivity index (χ3v) is 10.0. The summed E-state index contributed by atoms with van der Waals surface area (Å²) in [5.74, 6) is -2.26. The van der Waals surface area contributed by atoms with Crippen LogP contribution in [0.4, 0.5) is 14.6 Å². The summed E-state index contributed by atoms with van der Waals surface area (Å²) < 4.78 is 51.2. The fraction of sp³-hybridized carbons (Fsp3) is 0.500. The number of aliphatic hydroxyl groups excluding tert-OH is 1. The summed E-state index contributed by atoms with van der Waals surface area (Å²) in [5, 5.41) is 21.9. The minimum atomic E-state index is -1.34. The summed E-state index contributed by atoms with van der Waals surface area (Å²) in [6, 6.07) is 9.59. The minimum absolute atomic E-state index is 0.0219. The van der Waals surface area contributed by atoms with E-state index >= 15 is 4.39 Å². The number of fused-ring (bicyclic) bond motifs is 8. The van der Waals surface area contributed by atoms with E-state index in [9.17, 15) is 19.4 Å². The first-order valence-corrected chi connectivity index (χ1v) is 17.9. The van der Waals surface area contributed by atoms with Gasteiger partial charge in [-0.1, -0.05) is 18.2 Å². The normalized spacial score (nSPS) is 21.3. The summed E-state index contributed by atoms with van der Waals surface area (Å²) in [4.78, 5) is 20.2. The van der Waals surface area contributed by atoms with E-state index in [2.05, 4.69) is 11.8 Å². The quantitative estimate of drug-likeness (QED) is 0.218. The van der Waals surface area contributed by atoms with Crippen LogP contribution < -0.4 is 9.64 Å². The van der Waals surface area contributed by atoms with Crippen LogP contribution in [0.25, 0.3) is 28.0 Å². The molecule has 2 N–H and O–H groups in total. The molecule has 1 saturated heterocycles. The average Bonchev–Trinajstić information content (AvgIpc) is 3.49. The number of pyridine rings is 1. The maximum Gasteiger partial charge on any atom is 0.337 e. The maximum absolute atomic E-state index is 15.6. The Labute approximate surface area is 298 Å². The molecule has 2 aromatic carbocycles. The summed E-state index contributed by atoms with van der Waals surface area (Å²) in [6.07, 6.45) is 3.01. The molecule has 1 fully saturated rings. The second kappa shape index (κ2) is 14.2. The van der Waals surface area contributed by atoms with Crippen LogP contribution in [0.15, 0.2) is 42.6 Å². The number of nitrogens with zero attached hydrogens (tertiary/aromatic N) is 3. The van der Waals surface area contributed by atoms with Crippen LogP contribution >= 0.6 is 0 Å². The molecule has 51 heavy (non-hydrogen) atoms. The predicted octanol–water partition coefficient (Wildman–Crippen LogP) is 8.58. The van der Waals surface area contributed by atoms with Crippen molar-refractivity contribution >= 4 is 17.4 Å². The molecule has 3 aliphatic heterocycles. The number of carboxylic acid groups (broad SMARTS) is 1. The Morgan fingerprint density at radius 3 is 2.47 bits per heavy atom. The number of ether oxygens (including phenoxy) is 3. The van der Waals surface area contributed by atoms with Gasteiger partial charge in [-0.15, -0.1) is 0 Å². The summed E-state index contributed by atoms with van der Waals surface area (Å²) >= 11 is 0. The monoisotopic (exact) mass is 705 g/mol. The molecule has 6 bridgehead atoms. The van der Waals surface area contributed by atoms with Gasteiger partial charge in [-0.05, 0) is 110 Å². The number of carbonyl (C=O) groups is 1. The lowest BCUT2D eigenvalue weighted by molar-refractivity contribution is -0.160. The molecule has 1 unspecified atom stereocenters. The molecule has 0 amide bonds. The molecular weight excluding hydrogens is 656 g/mol. The number of benzene rings is 2. The molecule has 7 rings (SSSR count). The van der Waals surface area contributed by atoms with Gasteiger partial charge in [0, 0.05) is 42.6 Å². The highest BCUT2D eigenvalue weighted by atomic mass is 19.2. The Morgan fingerprint density at radius 2 is 1.80 bits per heavy atom.